The van der Waals surface area contributed by atoms with Crippen LogP contribution < -0.4 is 10.1 Å². The van der Waals surface area contributed by atoms with Crippen molar-refractivity contribution in [3.63, 3.8) is 0 Å². The van der Waals surface area contributed by atoms with E-state index < -0.39 is 0 Å². The molecule has 0 aliphatic carbocycles. The molecule has 3 heteroatoms. The third kappa shape index (κ3) is 3.19. The molecule has 3 nitrogen and oxygen atoms in total. The Labute approximate surface area is 113 Å². The van der Waals surface area contributed by atoms with Gasteiger partial charge in [0.05, 0.1) is 7.11 Å². The van der Waals surface area contributed by atoms with E-state index in [1.165, 1.54) is 0 Å². The molecule has 2 aromatic rings. The van der Waals surface area contributed by atoms with Crippen molar-refractivity contribution in [1.82, 2.24) is 0 Å². The zero-order valence-corrected chi connectivity index (χ0v) is 11.3. The Morgan fingerprint density at radius 1 is 1.05 bits per heavy atom. The molecule has 0 saturated carbocycles. The Balaban J connectivity index is 2.05. The molecule has 19 heavy (non-hydrogen) atoms. The standard InChI is InChI=1S/C16H19NO2/c1-3-12-5-4-6-13(16(12)18)11-17-14-7-9-15(19-2)10-8-14/h4-10,17-18H,3,11H2,1-2H3. The van der Waals surface area contributed by atoms with E-state index in [9.17, 15) is 5.11 Å². The zero-order valence-electron chi connectivity index (χ0n) is 11.3. The SMILES string of the molecule is CCc1cccc(CNc2ccc(OC)cc2)c1O. The molecule has 2 aromatic carbocycles. The molecule has 0 bridgehead atoms. The number of ether oxygens (including phenoxy) is 1. The first-order chi connectivity index (χ1) is 9.24. The molecule has 0 amide bonds. The molecular weight excluding hydrogens is 238 g/mol. The summed E-state index contributed by atoms with van der Waals surface area (Å²) in [5.74, 6) is 1.23. The highest BCUT2D eigenvalue weighted by molar-refractivity contribution is 5.48. The molecule has 0 atom stereocenters. The first-order valence-electron chi connectivity index (χ1n) is 6.42. The maximum Gasteiger partial charge on any atom is 0.123 e. The van der Waals surface area contributed by atoms with E-state index in [2.05, 4.69) is 5.32 Å². The van der Waals surface area contributed by atoms with Crippen LogP contribution in [0.3, 0.4) is 0 Å². The van der Waals surface area contributed by atoms with Gasteiger partial charge in [0.1, 0.15) is 11.5 Å². The Morgan fingerprint density at radius 2 is 1.74 bits per heavy atom. The van der Waals surface area contributed by atoms with Crippen molar-refractivity contribution in [1.29, 1.82) is 0 Å². The fourth-order valence-corrected chi connectivity index (χ4v) is 1.98. The molecule has 0 saturated heterocycles. The molecule has 0 radical (unpaired) electrons. The van der Waals surface area contributed by atoms with Gasteiger partial charge in [0.15, 0.2) is 0 Å². The highest BCUT2D eigenvalue weighted by Gasteiger charge is 2.05. The van der Waals surface area contributed by atoms with Gasteiger partial charge < -0.3 is 15.2 Å². The third-order valence-corrected chi connectivity index (χ3v) is 3.16. The van der Waals surface area contributed by atoms with E-state index in [0.29, 0.717) is 12.3 Å². The average molecular weight is 257 g/mol. The molecule has 0 aliphatic heterocycles. The number of hydrogen-bond acceptors (Lipinski definition) is 3. The molecule has 0 aromatic heterocycles. The summed E-state index contributed by atoms with van der Waals surface area (Å²) in [6.45, 7) is 2.64. The van der Waals surface area contributed by atoms with Gasteiger partial charge in [-0.05, 0) is 36.2 Å². The van der Waals surface area contributed by atoms with E-state index in [4.69, 9.17) is 4.74 Å². The van der Waals surface area contributed by atoms with Gasteiger partial charge >= 0.3 is 0 Å². The third-order valence-electron chi connectivity index (χ3n) is 3.16. The summed E-state index contributed by atoms with van der Waals surface area (Å²) < 4.78 is 5.11. The van der Waals surface area contributed by atoms with Gasteiger partial charge in [-0.3, -0.25) is 0 Å². The number of phenolic OH excluding ortho intramolecular Hbond substituents is 1. The summed E-state index contributed by atoms with van der Waals surface area (Å²) in [5.41, 5.74) is 2.89. The van der Waals surface area contributed by atoms with Gasteiger partial charge in [-0.1, -0.05) is 25.1 Å². The van der Waals surface area contributed by atoms with Crippen molar-refractivity contribution in [2.75, 3.05) is 12.4 Å². The minimum Gasteiger partial charge on any atom is -0.507 e. The number of methoxy groups -OCH3 is 1. The summed E-state index contributed by atoms with van der Waals surface area (Å²) in [4.78, 5) is 0. The lowest BCUT2D eigenvalue weighted by molar-refractivity contribution is 0.415. The summed E-state index contributed by atoms with van der Waals surface area (Å²) in [7, 11) is 1.65. The van der Waals surface area contributed by atoms with Crippen molar-refractivity contribution < 1.29 is 9.84 Å². The van der Waals surface area contributed by atoms with Gasteiger partial charge in [0, 0.05) is 17.8 Å². The average Bonchev–Trinajstić information content (AvgIpc) is 2.47. The summed E-state index contributed by atoms with van der Waals surface area (Å²) in [6, 6.07) is 13.6. The number of hydrogen-bond donors (Lipinski definition) is 2. The number of benzene rings is 2. The van der Waals surface area contributed by atoms with Crippen LogP contribution in [0.2, 0.25) is 0 Å². The lowest BCUT2D eigenvalue weighted by Crippen LogP contribution is -2.00. The second kappa shape index (κ2) is 6.14. The monoisotopic (exact) mass is 257 g/mol. The van der Waals surface area contributed by atoms with Crippen LogP contribution >= 0.6 is 0 Å². The molecule has 0 spiro atoms. The van der Waals surface area contributed by atoms with Gasteiger partial charge in [0.2, 0.25) is 0 Å². The number of anilines is 1. The van der Waals surface area contributed by atoms with E-state index in [1.54, 1.807) is 7.11 Å². The van der Waals surface area contributed by atoms with E-state index >= 15 is 0 Å². The number of para-hydroxylation sites is 1. The van der Waals surface area contributed by atoms with Crippen LogP contribution in [-0.2, 0) is 13.0 Å². The molecule has 0 fully saturated rings. The Hall–Kier alpha value is -2.16. The molecule has 2 rings (SSSR count). The number of aromatic hydroxyl groups is 1. The van der Waals surface area contributed by atoms with Gasteiger partial charge in [-0.25, -0.2) is 0 Å². The van der Waals surface area contributed by atoms with Crippen LogP contribution in [0.25, 0.3) is 0 Å². The minimum absolute atomic E-state index is 0.394. The van der Waals surface area contributed by atoms with Crippen molar-refractivity contribution in [2.24, 2.45) is 0 Å². The second-order valence-electron chi connectivity index (χ2n) is 4.36. The molecule has 100 valence electrons. The predicted octanol–water partition coefficient (Wildman–Crippen LogP) is 3.58. The largest absolute Gasteiger partial charge is 0.507 e. The van der Waals surface area contributed by atoms with Crippen LogP contribution in [0.1, 0.15) is 18.1 Å². The first-order valence-corrected chi connectivity index (χ1v) is 6.42. The number of phenols is 1. The second-order valence-corrected chi connectivity index (χ2v) is 4.36. The molecule has 0 aliphatic rings. The van der Waals surface area contributed by atoms with Gasteiger partial charge in [-0.15, -0.1) is 0 Å². The molecular formula is C16H19NO2. The number of nitrogens with one attached hydrogen (secondary N) is 1. The maximum absolute atomic E-state index is 10.1. The Bertz CT molecular complexity index is 535. The number of rotatable bonds is 5. The Morgan fingerprint density at radius 3 is 2.37 bits per heavy atom. The number of aryl methyl sites for hydroxylation is 1. The zero-order chi connectivity index (χ0) is 13.7. The lowest BCUT2D eigenvalue weighted by atomic mass is 10.1. The fourth-order valence-electron chi connectivity index (χ4n) is 1.98. The van der Waals surface area contributed by atoms with E-state index in [0.717, 1.165) is 29.0 Å². The first kappa shape index (κ1) is 13.3. The minimum atomic E-state index is 0.394. The predicted molar refractivity (Wildman–Crippen MR) is 77.8 cm³/mol. The van der Waals surface area contributed by atoms with Crippen LogP contribution in [-0.4, -0.2) is 12.2 Å². The molecule has 0 heterocycles. The van der Waals surface area contributed by atoms with E-state index in [1.807, 2.05) is 49.4 Å². The van der Waals surface area contributed by atoms with Crippen LogP contribution in [0.15, 0.2) is 42.5 Å². The molecule has 0 unspecified atom stereocenters. The normalized spacial score (nSPS) is 10.2. The quantitative estimate of drug-likeness (QED) is 0.860. The van der Waals surface area contributed by atoms with Crippen LogP contribution in [0.4, 0.5) is 5.69 Å². The Kier molecular flexibility index (Phi) is 4.29. The van der Waals surface area contributed by atoms with Crippen molar-refractivity contribution in [3.8, 4) is 11.5 Å². The maximum atomic E-state index is 10.1. The highest BCUT2D eigenvalue weighted by atomic mass is 16.5. The summed E-state index contributed by atoms with van der Waals surface area (Å²) in [5, 5.41) is 13.4. The summed E-state index contributed by atoms with van der Waals surface area (Å²) >= 11 is 0. The van der Waals surface area contributed by atoms with E-state index in [-0.39, 0.29) is 0 Å². The van der Waals surface area contributed by atoms with Crippen LogP contribution in [0.5, 0.6) is 11.5 Å². The smallest absolute Gasteiger partial charge is 0.123 e. The fraction of sp³-hybridized carbons (Fsp3) is 0.250. The lowest BCUT2D eigenvalue weighted by Gasteiger charge is -2.11. The topological polar surface area (TPSA) is 41.5 Å². The van der Waals surface area contributed by atoms with Crippen molar-refractivity contribution in [2.45, 2.75) is 19.9 Å². The van der Waals surface area contributed by atoms with Crippen LogP contribution in [0, 0.1) is 0 Å². The summed E-state index contributed by atoms with van der Waals surface area (Å²) in [6.07, 6.45) is 0.836. The molecule has 2 N–H and O–H groups in total. The highest BCUT2D eigenvalue weighted by Crippen LogP contribution is 2.24. The van der Waals surface area contributed by atoms with Gasteiger partial charge in [-0.2, -0.15) is 0 Å². The van der Waals surface area contributed by atoms with Crippen molar-refractivity contribution >= 4 is 5.69 Å². The van der Waals surface area contributed by atoms with Gasteiger partial charge in [0.25, 0.3) is 0 Å². The van der Waals surface area contributed by atoms with Crippen molar-refractivity contribution in [3.05, 3.63) is 53.6 Å².